The Morgan fingerprint density at radius 3 is 2.33 bits per heavy atom. The van der Waals surface area contributed by atoms with Crippen LogP contribution in [0.1, 0.15) is 37.7 Å². The van der Waals surface area contributed by atoms with Crippen molar-refractivity contribution in [2.24, 2.45) is 0 Å². The summed E-state index contributed by atoms with van der Waals surface area (Å²) < 4.78 is 0. The highest BCUT2D eigenvalue weighted by Crippen LogP contribution is 2.20. The highest BCUT2D eigenvalue weighted by atomic mass is 32.1. The summed E-state index contributed by atoms with van der Waals surface area (Å²) in [7, 11) is 0. The minimum absolute atomic E-state index is 0.0516. The van der Waals surface area contributed by atoms with Crippen molar-refractivity contribution >= 4 is 28.8 Å². The number of nitrogens with one attached hydrogen (secondary N) is 2. The summed E-state index contributed by atoms with van der Waals surface area (Å²) in [5.41, 5.74) is 1.31. The molecule has 0 atom stereocenters. The van der Waals surface area contributed by atoms with E-state index in [4.69, 9.17) is 0 Å². The Morgan fingerprint density at radius 2 is 1.76 bits per heavy atom. The van der Waals surface area contributed by atoms with Crippen LogP contribution in [0.4, 0.5) is 5.69 Å². The number of amides is 2. The van der Waals surface area contributed by atoms with Crippen LogP contribution in [0.15, 0.2) is 36.4 Å². The van der Waals surface area contributed by atoms with Crippen molar-refractivity contribution in [1.29, 1.82) is 0 Å². The summed E-state index contributed by atoms with van der Waals surface area (Å²) in [6, 6.07) is 11.0. The van der Waals surface area contributed by atoms with Gasteiger partial charge in [-0.1, -0.05) is 0 Å². The second kappa shape index (κ2) is 5.69. The Kier molecular flexibility index (Phi) is 3.75. The molecule has 2 N–H and O–H groups in total. The fraction of sp³-hybridized carbons (Fsp3) is 0.250. The topological polar surface area (TPSA) is 58.2 Å². The molecular formula is C16H16N2O2S. The second-order valence-corrected chi connectivity index (χ2v) is 6.48. The zero-order chi connectivity index (χ0) is 14.8. The predicted molar refractivity (Wildman–Crippen MR) is 83.9 cm³/mol. The van der Waals surface area contributed by atoms with Gasteiger partial charge in [-0.15, -0.1) is 11.3 Å². The zero-order valence-corrected chi connectivity index (χ0v) is 12.5. The Morgan fingerprint density at radius 1 is 1.05 bits per heavy atom. The van der Waals surface area contributed by atoms with Crippen molar-refractivity contribution in [2.75, 3.05) is 5.32 Å². The summed E-state index contributed by atoms with van der Waals surface area (Å²) in [6.07, 6.45) is 2.14. The Balaban J connectivity index is 1.63. The molecule has 0 bridgehead atoms. The number of carbonyl (C=O) groups excluding carboxylic acids is 2. The summed E-state index contributed by atoms with van der Waals surface area (Å²) in [5.74, 6) is -0.174. The first-order valence-corrected chi connectivity index (χ1v) is 7.72. The van der Waals surface area contributed by atoms with Crippen LogP contribution in [0.2, 0.25) is 0 Å². The van der Waals surface area contributed by atoms with Crippen LogP contribution in [-0.4, -0.2) is 17.9 Å². The molecule has 0 aliphatic heterocycles. The van der Waals surface area contributed by atoms with Crippen molar-refractivity contribution in [3.05, 3.63) is 51.7 Å². The molecule has 21 heavy (non-hydrogen) atoms. The average Bonchev–Trinajstić information content (AvgIpc) is 3.17. The van der Waals surface area contributed by atoms with Crippen LogP contribution in [0, 0.1) is 6.92 Å². The van der Waals surface area contributed by atoms with E-state index in [9.17, 15) is 9.59 Å². The van der Waals surface area contributed by atoms with Gasteiger partial charge in [0.15, 0.2) is 0 Å². The molecule has 1 heterocycles. The van der Waals surface area contributed by atoms with Gasteiger partial charge in [-0.2, -0.15) is 0 Å². The monoisotopic (exact) mass is 300 g/mol. The second-order valence-electron chi connectivity index (χ2n) is 5.19. The number of thiophene rings is 1. The van der Waals surface area contributed by atoms with Crippen molar-refractivity contribution in [3.63, 3.8) is 0 Å². The number of rotatable bonds is 4. The third-order valence-corrected chi connectivity index (χ3v) is 4.28. The Hall–Kier alpha value is -2.14. The molecule has 3 rings (SSSR count). The minimum Gasteiger partial charge on any atom is -0.349 e. The molecular weight excluding hydrogens is 284 g/mol. The van der Waals surface area contributed by atoms with E-state index in [0.29, 0.717) is 22.2 Å². The molecule has 0 saturated heterocycles. The third kappa shape index (κ3) is 3.49. The standard InChI is InChI=1S/C16H16N2O2S/c1-10-2-9-14(21-10)16(20)18-12-5-3-11(4-6-12)15(19)17-13-7-8-13/h2-6,9,13H,7-8H2,1H3,(H,17,19)(H,18,20). The maximum Gasteiger partial charge on any atom is 0.265 e. The molecule has 2 aromatic rings. The van der Waals surface area contributed by atoms with E-state index in [2.05, 4.69) is 10.6 Å². The predicted octanol–water partition coefficient (Wildman–Crippen LogP) is 3.20. The molecule has 0 spiro atoms. The van der Waals surface area contributed by atoms with Gasteiger partial charge in [-0.05, 0) is 56.2 Å². The molecule has 108 valence electrons. The minimum atomic E-state index is -0.122. The third-order valence-electron chi connectivity index (χ3n) is 3.28. The normalized spacial score (nSPS) is 13.8. The van der Waals surface area contributed by atoms with E-state index < -0.39 is 0 Å². The first-order valence-electron chi connectivity index (χ1n) is 6.90. The molecule has 0 unspecified atom stereocenters. The van der Waals surface area contributed by atoms with E-state index in [1.165, 1.54) is 11.3 Å². The molecule has 1 aromatic carbocycles. The van der Waals surface area contributed by atoms with E-state index in [-0.39, 0.29) is 11.8 Å². The van der Waals surface area contributed by atoms with Crippen molar-refractivity contribution in [2.45, 2.75) is 25.8 Å². The summed E-state index contributed by atoms with van der Waals surface area (Å²) in [6.45, 7) is 1.97. The quantitative estimate of drug-likeness (QED) is 0.911. The van der Waals surface area contributed by atoms with Gasteiger partial charge in [0, 0.05) is 22.2 Å². The largest absolute Gasteiger partial charge is 0.349 e. The number of hydrogen-bond donors (Lipinski definition) is 2. The van der Waals surface area contributed by atoms with Gasteiger partial charge in [0.25, 0.3) is 11.8 Å². The first-order chi connectivity index (χ1) is 10.1. The van der Waals surface area contributed by atoms with Crippen LogP contribution in [0.25, 0.3) is 0 Å². The van der Waals surface area contributed by atoms with Gasteiger partial charge in [0.05, 0.1) is 4.88 Å². The Labute approximate surface area is 127 Å². The lowest BCUT2D eigenvalue weighted by Gasteiger charge is -2.06. The maximum absolute atomic E-state index is 12.0. The van der Waals surface area contributed by atoms with Crippen molar-refractivity contribution in [1.82, 2.24) is 5.32 Å². The fourth-order valence-corrected chi connectivity index (χ4v) is 2.71. The van der Waals surface area contributed by atoms with E-state index in [1.54, 1.807) is 24.3 Å². The lowest BCUT2D eigenvalue weighted by molar-refractivity contribution is 0.0950. The van der Waals surface area contributed by atoms with Gasteiger partial charge in [-0.25, -0.2) is 0 Å². The van der Waals surface area contributed by atoms with Crippen LogP contribution in [0.3, 0.4) is 0 Å². The van der Waals surface area contributed by atoms with Gasteiger partial charge in [0.2, 0.25) is 0 Å². The summed E-state index contributed by atoms with van der Waals surface area (Å²) in [5, 5.41) is 5.76. The smallest absolute Gasteiger partial charge is 0.265 e. The van der Waals surface area contributed by atoms with Crippen molar-refractivity contribution in [3.8, 4) is 0 Å². The highest BCUT2D eigenvalue weighted by molar-refractivity contribution is 7.14. The summed E-state index contributed by atoms with van der Waals surface area (Å²) >= 11 is 1.46. The number of benzene rings is 1. The maximum atomic E-state index is 12.0. The molecule has 2 amide bonds. The van der Waals surface area contributed by atoms with E-state index >= 15 is 0 Å². The van der Waals surface area contributed by atoms with Gasteiger partial charge >= 0.3 is 0 Å². The number of anilines is 1. The molecule has 1 aliphatic rings. The SMILES string of the molecule is Cc1ccc(C(=O)Nc2ccc(C(=O)NC3CC3)cc2)s1. The van der Waals surface area contributed by atoms with Gasteiger partial charge < -0.3 is 10.6 Å². The number of aryl methyl sites for hydroxylation is 1. The van der Waals surface area contributed by atoms with Crippen molar-refractivity contribution < 1.29 is 9.59 Å². The van der Waals surface area contributed by atoms with Crippen LogP contribution >= 0.6 is 11.3 Å². The first kappa shape index (κ1) is 13.8. The van der Waals surface area contributed by atoms with Gasteiger partial charge in [-0.3, -0.25) is 9.59 Å². The molecule has 1 aliphatic carbocycles. The average molecular weight is 300 g/mol. The molecule has 1 aromatic heterocycles. The molecule has 5 heteroatoms. The van der Waals surface area contributed by atoms with Crippen LogP contribution in [-0.2, 0) is 0 Å². The number of hydrogen-bond acceptors (Lipinski definition) is 3. The van der Waals surface area contributed by atoms with E-state index in [1.807, 2.05) is 19.1 Å². The summed E-state index contributed by atoms with van der Waals surface area (Å²) in [4.78, 5) is 25.7. The number of carbonyl (C=O) groups is 2. The molecule has 0 radical (unpaired) electrons. The van der Waals surface area contributed by atoms with Crippen LogP contribution < -0.4 is 10.6 Å². The fourth-order valence-electron chi connectivity index (χ4n) is 1.95. The van der Waals surface area contributed by atoms with Gasteiger partial charge in [0.1, 0.15) is 0 Å². The zero-order valence-electron chi connectivity index (χ0n) is 11.7. The lowest BCUT2D eigenvalue weighted by Crippen LogP contribution is -2.25. The molecule has 1 saturated carbocycles. The highest BCUT2D eigenvalue weighted by Gasteiger charge is 2.23. The van der Waals surface area contributed by atoms with E-state index in [0.717, 1.165) is 17.7 Å². The molecule has 4 nitrogen and oxygen atoms in total. The van der Waals surface area contributed by atoms with Crippen LogP contribution in [0.5, 0.6) is 0 Å². The lowest BCUT2D eigenvalue weighted by atomic mass is 10.2. The molecule has 1 fully saturated rings. The Bertz CT molecular complexity index is 672.